The highest BCUT2D eigenvalue weighted by Gasteiger charge is 2.21. The molecule has 78 valence electrons. The zero-order valence-electron chi connectivity index (χ0n) is 8.00. The second-order valence-electron chi connectivity index (χ2n) is 3.27. The summed E-state index contributed by atoms with van der Waals surface area (Å²) in [4.78, 5) is 11.2. The summed E-state index contributed by atoms with van der Waals surface area (Å²) in [5, 5.41) is 5.34. The minimum Gasteiger partial charge on any atom is -0.273 e. The van der Waals surface area contributed by atoms with Crippen molar-refractivity contribution < 1.29 is 9.18 Å². The number of amides is 1. The van der Waals surface area contributed by atoms with Crippen LogP contribution < -0.4 is 0 Å². The van der Waals surface area contributed by atoms with E-state index in [0.29, 0.717) is 11.3 Å². The Labute approximate surface area is 91.1 Å². The van der Waals surface area contributed by atoms with Gasteiger partial charge in [0.25, 0.3) is 0 Å². The molecule has 1 aromatic rings. The predicted molar refractivity (Wildman–Crippen MR) is 55.3 cm³/mol. The number of rotatable bonds is 1. The Morgan fingerprint density at radius 3 is 2.80 bits per heavy atom. The summed E-state index contributed by atoms with van der Waals surface area (Å²) in [7, 11) is 1.58. The standard InChI is InChI=1S/C10H8ClFN2O/c1-14-10(15)5-9(13-14)6-2-3-8(12)7(11)4-6/h2-4H,5H2,1H3. The van der Waals surface area contributed by atoms with E-state index in [0.717, 1.165) is 0 Å². The Morgan fingerprint density at radius 1 is 1.53 bits per heavy atom. The molecule has 0 bridgehead atoms. The molecule has 5 heteroatoms. The molecule has 0 aliphatic carbocycles. The van der Waals surface area contributed by atoms with Crippen LogP contribution >= 0.6 is 11.6 Å². The number of hydrogen-bond acceptors (Lipinski definition) is 2. The molecule has 0 fully saturated rings. The van der Waals surface area contributed by atoms with E-state index in [4.69, 9.17) is 11.6 Å². The fourth-order valence-electron chi connectivity index (χ4n) is 1.37. The predicted octanol–water partition coefficient (Wildman–Crippen LogP) is 2.05. The smallest absolute Gasteiger partial charge is 0.248 e. The molecule has 1 aliphatic rings. The zero-order chi connectivity index (χ0) is 11.0. The van der Waals surface area contributed by atoms with Crippen LogP contribution in [0.4, 0.5) is 4.39 Å². The Kier molecular flexibility index (Phi) is 2.44. The van der Waals surface area contributed by atoms with Gasteiger partial charge in [0.15, 0.2) is 0 Å². The maximum Gasteiger partial charge on any atom is 0.248 e. The molecule has 0 spiro atoms. The molecule has 0 saturated carbocycles. The molecule has 2 rings (SSSR count). The van der Waals surface area contributed by atoms with Crippen molar-refractivity contribution >= 4 is 23.2 Å². The minimum absolute atomic E-state index is 0.0391. The molecule has 0 radical (unpaired) electrons. The van der Waals surface area contributed by atoms with Crippen LogP contribution in [0.25, 0.3) is 0 Å². The second kappa shape index (κ2) is 3.62. The van der Waals surface area contributed by atoms with Crippen molar-refractivity contribution in [1.82, 2.24) is 5.01 Å². The third kappa shape index (κ3) is 1.85. The van der Waals surface area contributed by atoms with E-state index in [2.05, 4.69) is 5.10 Å². The van der Waals surface area contributed by atoms with Gasteiger partial charge in [-0.1, -0.05) is 17.7 Å². The molecule has 1 heterocycles. The molecule has 0 saturated heterocycles. The maximum atomic E-state index is 12.9. The number of carbonyl (C=O) groups excluding carboxylic acids is 1. The number of nitrogens with zero attached hydrogens (tertiary/aromatic N) is 2. The quantitative estimate of drug-likeness (QED) is 0.721. The van der Waals surface area contributed by atoms with E-state index >= 15 is 0 Å². The van der Waals surface area contributed by atoms with Crippen molar-refractivity contribution in [1.29, 1.82) is 0 Å². The van der Waals surface area contributed by atoms with Crippen LogP contribution in [0.5, 0.6) is 0 Å². The van der Waals surface area contributed by atoms with Gasteiger partial charge in [-0.3, -0.25) is 4.79 Å². The van der Waals surface area contributed by atoms with Gasteiger partial charge in [-0.2, -0.15) is 5.10 Å². The highest BCUT2D eigenvalue weighted by molar-refractivity contribution is 6.31. The number of benzene rings is 1. The average Bonchev–Trinajstić information content (AvgIpc) is 2.52. The molecule has 1 aromatic carbocycles. The van der Waals surface area contributed by atoms with Crippen LogP contribution in [0.15, 0.2) is 23.3 Å². The van der Waals surface area contributed by atoms with Crippen molar-refractivity contribution in [2.45, 2.75) is 6.42 Å². The van der Waals surface area contributed by atoms with Crippen molar-refractivity contribution in [3.63, 3.8) is 0 Å². The maximum absolute atomic E-state index is 12.9. The molecule has 0 aromatic heterocycles. The van der Waals surface area contributed by atoms with Gasteiger partial charge >= 0.3 is 0 Å². The summed E-state index contributed by atoms with van der Waals surface area (Å²) in [5.41, 5.74) is 1.29. The monoisotopic (exact) mass is 226 g/mol. The Balaban J connectivity index is 2.35. The van der Waals surface area contributed by atoms with Crippen molar-refractivity contribution in [2.24, 2.45) is 5.10 Å². The average molecular weight is 227 g/mol. The van der Waals surface area contributed by atoms with Gasteiger partial charge in [0, 0.05) is 7.05 Å². The van der Waals surface area contributed by atoms with Crippen molar-refractivity contribution in [3.05, 3.63) is 34.6 Å². The Morgan fingerprint density at radius 2 is 2.27 bits per heavy atom. The molecule has 15 heavy (non-hydrogen) atoms. The van der Waals surface area contributed by atoms with Gasteiger partial charge in [-0.25, -0.2) is 9.40 Å². The molecule has 0 unspecified atom stereocenters. The van der Waals surface area contributed by atoms with Crippen molar-refractivity contribution in [2.75, 3.05) is 7.05 Å². The van der Waals surface area contributed by atoms with E-state index in [-0.39, 0.29) is 17.4 Å². The normalized spacial score (nSPS) is 15.8. The van der Waals surface area contributed by atoms with E-state index in [1.54, 1.807) is 13.1 Å². The number of halogens is 2. The lowest BCUT2D eigenvalue weighted by molar-refractivity contribution is -0.127. The van der Waals surface area contributed by atoms with E-state index in [1.165, 1.54) is 17.1 Å². The first-order chi connectivity index (χ1) is 7.08. The number of hydrogen-bond donors (Lipinski definition) is 0. The molecule has 1 aliphatic heterocycles. The van der Waals surface area contributed by atoms with E-state index in [1.807, 2.05) is 0 Å². The van der Waals surface area contributed by atoms with Crippen LogP contribution in [0, 0.1) is 5.82 Å². The third-order valence-electron chi connectivity index (χ3n) is 2.20. The highest BCUT2D eigenvalue weighted by Crippen LogP contribution is 2.20. The first kappa shape index (κ1) is 10.1. The van der Waals surface area contributed by atoms with Gasteiger partial charge in [-0.15, -0.1) is 0 Å². The summed E-state index contributed by atoms with van der Waals surface area (Å²) in [6, 6.07) is 4.30. The van der Waals surface area contributed by atoms with Crippen molar-refractivity contribution in [3.8, 4) is 0 Å². The lowest BCUT2D eigenvalue weighted by atomic mass is 10.1. The second-order valence-corrected chi connectivity index (χ2v) is 3.68. The van der Waals surface area contributed by atoms with Crippen LogP contribution in [0.2, 0.25) is 5.02 Å². The largest absolute Gasteiger partial charge is 0.273 e. The van der Waals surface area contributed by atoms with Gasteiger partial charge in [0.05, 0.1) is 17.2 Å². The molecule has 0 N–H and O–H groups in total. The first-order valence-corrected chi connectivity index (χ1v) is 4.75. The first-order valence-electron chi connectivity index (χ1n) is 4.37. The SMILES string of the molecule is CN1N=C(c2ccc(F)c(Cl)c2)CC1=O. The molecular weight excluding hydrogens is 219 g/mol. The van der Waals surface area contributed by atoms with Crippen LogP contribution in [-0.4, -0.2) is 23.7 Å². The molecule has 0 atom stereocenters. The Bertz CT molecular complexity index is 459. The van der Waals surface area contributed by atoms with Crippen LogP contribution in [-0.2, 0) is 4.79 Å². The fraction of sp³-hybridized carbons (Fsp3) is 0.200. The van der Waals surface area contributed by atoms with Crippen LogP contribution in [0.3, 0.4) is 0 Å². The highest BCUT2D eigenvalue weighted by atomic mass is 35.5. The summed E-state index contributed by atoms with van der Waals surface area (Å²) in [5.74, 6) is -0.552. The van der Waals surface area contributed by atoms with Gasteiger partial charge < -0.3 is 0 Å². The lowest BCUT2D eigenvalue weighted by Gasteiger charge is -2.00. The summed E-state index contributed by atoms with van der Waals surface area (Å²) in [6.45, 7) is 0. The summed E-state index contributed by atoms with van der Waals surface area (Å²) >= 11 is 5.64. The molecule has 1 amide bonds. The number of carbonyl (C=O) groups is 1. The van der Waals surface area contributed by atoms with Gasteiger partial charge in [0.2, 0.25) is 5.91 Å². The number of hydrazone groups is 1. The summed E-state index contributed by atoms with van der Waals surface area (Å²) in [6.07, 6.45) is 0.235. The topological polar surface area (TPSA) is 32.7 Å². The summed E-state index contributed by atoms with van der Waals surface area (Å²) < 4.78 is 12.9. The van der Waals surface area contributed by atoms with Gasteiger partial charge in [0.1, 0.15) is 5.82 Å². The zero-order valence-corrected chi connectivity index (χ0v) is 8.75. The van der Waals surface area contributed by atoms with Crippen LogP contribution in [0.1, 0.15) is 12.0 Å². The van der Waals surface area contributed by atoms with E-state index < -0.39 is 5.82 Å². The fourth-order valence-corrected chi connectivity index (χ4v) is 1.55. The molecular formula is C10H8ClFN2O. The Hall–Kier alpha value is -1.42. The third-order valence-corrected chi connectivity index (χ3v) is 2.49. The van der Waals surface area contributed by atoms with Gasteiger partial charge in [-0.05, 0) is 17.7 Å². The minimum atomic E-state index is -0.473. The van der Waals surface area contributed by atoms with E-state index in [9.17, 15) is 9.18 Å². The lowest BCUT2D eigenvalue weighted by Crippen LogP contribution is -2.14. The molecule has 3 nitrogen and oxygen atoms in total.